The molecule has 3 aromatic carbocycles. The Bertz CT molecular complexity index is 1510. The van der Waals surface area contributed by atoms with Gasteiger partial charge in [0.05, 0.1) is 19.4 Å². The molecule has 1 saturated heterocycles. The number of rotatable bonds is 6. The van der Waals surface area contributed by atoms with Gasteiger partial charge in [0.2, 0.25) is 5.91 Å². The van der Waals surface area contributed by atoms with Crippen molar-refractivity contribution in [2.24, 2.45) is 5.16 Å². The molecule has 5 rings (SSSR count). The van der Waals surface area contributed by atoms with Gasteiger partial charge in [-0.15, -0.1) is 0 Å². The van der Waals surface area contributed by atoms with E-state index < -0.39 is 12.1 Å². The number of benzene rings is 3. The first-order chi connectivity index (χ1) is 18.0. The Labute approximate surface area is 214 Å². The number of methoxy groups -OCH3 is 1. The maximum atomic E-state index is 13.4. The molecule has 2 N–H and O–H groups in total. The van der Waals surface area contributed by atoms with Gasteiger partial charge in [-0.3, -0.25) is 4.79 Å². The highest BCUT2D eigenvalue weighted by Crippen LogP contribution is 2.31. The highest BCUT2D eigenvalue weighted by Gasteiger charge is 2.38. The Kier molecular flexibility index (Phi) is 6.68. The molecular weight excluding hydrogens is 470 g/mol. The molecule has 1 aliphatic heterocycles. The minimum absolute atomic E-state index is 0.185. The molecule has 4 aromatic rings. The summed E-state index contributed by atoms with van der Waals surface area (Å²) in [7, 11) is 3.01. The second-order valence-electron chi connectivity index (χ2n) is 8.83. The molecule has 1 aliphatic rings. The van der Waals surface area contributed by atoms with Gasteiger partial charge in [0.1, 0.15) is 18.9 Å². The van der Waals surface area contributed by atoms with E-state index in [9.17, 15) is 9.59 Å². The van der Waals surface area contributed by atoms with E-state index in [4.69, 9.17) is 9.57 Å². The predicted molar refractivity (Wildman–Crippen MR) is 145 cm³/mol. The summed E-state index contributed by atoms with van der Waals surface area (Å²) in [5.41, 5.74) is 4.11. The summed E-state index contributed by atoms with van der Waals surface area (Å²) in [6, 6.07) is 20.0. The number of fused-ring (bicyclic) bond motifs is 3. The molecule has 0 aliphatic carbocycles. The molecule has 0 spiro atoms. The normalized spacial score (nSPS) is 16.4. The van der Waals surface area contributed by atoms with E-state index in [2.05, 4.69) is 39.4 Å². The minimum atomic E-state index is -0.743. The fourth-order valence-corrected chi connectivity index (χ4v) is 4.94. The topological polar surface area (TPSA) is 97.2 Å². The van der Waals surface area contributed by atoms with Crippen molar-refractivity contribution in [3.8, 4) is 5.75 Å². The number of carbonyl (C=O) groups is 2. The number of ether oxygens (including phenoxy) is 1. The maximum Gasteiger partial charge on any atom is 0.322 e. The zero-order valence-electron chi connectivity index (χ0n) is 21.0. The fraction of sp³-hybridized carbons (Fsp3) is 0.250. The summed E-state index contributed by atoms with van der Waals surface area (Å²) in [4.78, 5) is 33.0. The third-order valence-corrected chi connectivity index (χ3v) is 6.62. The summed E-state index contributed by atoms with van der Waals surface area (Å²) < 4.78 is 7.49. The van der Waals surface area contributed by atoms with E-state index in [1.165, 1.54) is 12.0 Å². The lowest BCUT2D eigenvalue weighted by molar-refractivity contribution is -0.119. The number of hydrogen-bond acceptors (Lipinski definition) is 5. The van der Waals surface area contributed by atoms with E-state index in [1.54, 1.807) is 31.4 Å². The second kappa shape index (κ2) is 10.2. The van der Waals surface area contributed by atoms with Crippen LogP contribution in [-0.4, -0.2) is 53.9 Å². The zero-order chi connectivity index (χ0) is 25.9. The lowest BCUT2D eigenvalue weighted by Gasteiger charge is -2.23. The van der Waals surface area contributed by atoms with Crippen LogP contribution in [0.4, 0.5) is 16.2 Å². The largest absolute Gasteiger partial charge is 0.497 e. The van der Waals surface area contributed by atoms with Crippen molar-refractivity contribution in [1.82, 2.24) is 9.47 Å². The number of nitrogens with one attached hydrogen (secondary N) is 2. The molecule has 9 heteroatoms. The first-order valence-electron chi connectivity index (χ1n) is 12.1. The molecule has 1 atom stereocenters. The van der Waals surface area contributed by atoms with Crippen LogP contribution in [0.3, 0.4) is 0 Å². The Morgan fingerprint density at radius 2 is 1.73 bits per heavy atom. The van der Waals surface area contributed by atoms with Crippen molar-refractivity contribution in [1.29, 1.82) is 0 Å². The highest BCUT2D eigenvalue weighted by atomic mass is 16.6. The fourth-order valence-electron chi connectivity index (χ4n) is 4.94. The number of anilines is 2. The quantitative estimate of drug-likeness (QED) is 0.362. The Balaban J connectivity index is 1.40. The van der Waals surface area contributed by atoms with Crippen molar-refractivity contribution in [2.45, 2.75) is 25.9 Å². The van der Waals surface area contributed by atoms with E-state index in [0.717, 1.165) is 28.4 Å². The summed E-state index contributed by atoms with van der Waals surface area (Å²) in [5, 5.41) is 12.1. The maximum absolute atomic E-state index is 13.4. The summed E-state index contributed by atoms with van der Waals surface area (Å²) >= 11 is 0. The van der Waals surface area contributed by atoms with Crippen molar-refractivity contribution < 1.29 is 19.2 Å². The average molecular weight is 500 g/mol. The number of nitrogens with zero attached hydrogens (tertiary/aromatic N) is 3. The molecule has 9 nitrogen and oxygen atoms in total. The summed E-state index contributed by atoms with van der Waals surface area (Å²) in [6.45, 7) is 3.15. The van der Waals surface area contributed by atoms with Crippen LogP contribution in [0.2, 0.25) is 0 Å². The van der Waals surface area contributed by atoms with Crippen LogP contribution in [0.1, 0.15) is 13.3 Å². The molecule has 2 heterocycles. The number of urea groups is 1. The lowest BCUT2D eigenvalue weighted by Crippen LogP contribution is -2.45. The van der Waals surface area contributed by atoms with Gasteiger partial charge in [0.25, 0.3) is 0 Å². The SMILES string of the molecule is CCn1c2ccccc2c2cc(NC(=O)[C@@H]3CC(=NOC)CN3C(=O)Nc3cccc(OC)c3)ccc21. The van der Waals surface area contributed by atoms with E-state index in [-0.39, 0.29) is 18.9 Å². The van der Waals surface area contributed by atoms with Crippen molar-refractivity contribution in [2.75, 3.05) is 31.4 Å². The monoisotopic (exact) mass is 499 g/mol. The van der Waals surface area contributed by atoms with Crippen molar-refractivity contribution in [3.63, 3.8) is 0 Å². The van der Waals surface area contributed by atoms with Crippen LogP contribution in [0, 0.1) is 0 Å². The smallest absolute Gasteiger partial charge is 0.322 e. The molecule has 1 aromatic heterocycles. The third-order valence-electron chi connectivity index (χ3n) is 6.62. The van der Waals surface area contributed by atoms with Crippen LogP contribution < -0.4 is 15.4 Å². The molecule has 0 unspecified atom stereocenters. The Hall–Kier alpha value is -4.53. The van der Waals surface area contributed by atoms with E-state index in [0.29, 0.717) is 22.8 Å². The Morgan fingerprint density at radius 3 is 2.51 bits per heavy atom. The number of hydrogen-bond donors (Lipinski definition) is 2. The average Bonchev–Trinajstić information content (AvgIpc) is 3.48. The minimum Gasteiger partial charge on any atom is -0.497 e. The lowest BCUT2D eigenvalue weighted by atomic mass is 10.1. The van der Waals surface area contributed by atoms with Crippen molar-refractivity contribution in [3.05, 3.63) is 66.7 Å². The summed E-state index contributed by atoms with van der Waals surface area (Å²) in [6.07, 6.45) is 0.280. The van der Waals surface area contributed by atoms with Gasteiger partial charge in [-0.25, -0.2) is 4.79 Å². The van der Waals surface area contributed by atoms with Crippen LogP contribution in [-0.2, 0) is 16.2 Å². The molecule has 37 heavy (non-hydrogen) atoms. The second-order valence-corrected chi connectivity index (χ2v) is 8.83. The van der Waals surface area contributed by atoms with Gasteiger partial charge in [-0.2, -0.15) is 0 Å². The van der Waals surface area contributed by atoms with Gasteiger partial charge in [-0.1, -0.05) is 29.4 Å². The van der Waals surface area contributed by atoms with Crippen LogP contribution in [0.5, 0.6) is 5.75 Å². The Morgan fingerprint density at radius 1 is 0.946 bits per heavy atom. The number of para-hydroxylation sites is 1. The zero-order valence-corrected chi connectivity index (χ0v) is 21.0. The first-order valence-corrected chi connectivity index (χ1v) is 12.1. The van der Waals surface area contributed by atoms with Crippen LogP contribution >= 0.6 is 0 Å². The number of oxime groups is 1. The number of aromatic nitrogens is 1. The molecule has 1 fully saturated rings. The van der Waals surface area contributed by atoms with Gasteiger partial charge in [-0.05, 0) is 43.3 Å². The highest BCUT2D eigenvalue weighted by molar-refractivity contribution is 6.11. The van der Waals surface area contributed by atoms with Gasteiger partial charge in [0.15, 0.2) is 0 Å². The first kappa shape index (κ1) is 24.2. The summed E-state index contributed by atoms with van der Waals surface area (Å²) in [5.74, 6) is 0.329. The van der Waals surface area contributed by atoms with Crippen LogP contribution in [0.25, 0.3) is 21.8 Å². The predicted octanol–water partition coefficient (Wildman–Crippen LogP) is 5.07. The molecule has 0 bridgehead atoms. The van der Waals surface area contributed by atoms with E-state index in [1.807, 2.05) is 30.3 Å². The number of carbonyl (C=O) groups excluding carboxylic acids is 2. The number of likely N-dealkylation sites (tertiary alicyclic amines) is 1. The van der Waals surface area contributed by atoms with Crippen molar-refractivity contribution >= 4 is 50.8 Å². The molecule has 0 saturated carbocycles. The molecule has 190 valence electrons. The van der Waals surface area contributed by atoms with Crippen LogP contribution in [0.15, 0.2) is 71.9 Å². The van der Waals surface area contributed by atoms with E-state index >= 15 is 0 Å². The van der Waals surface area contributed by atoms with Gasteiger partial charge >= 0.3 is 6.03 Å². The van der Waals surface area contributed by atoms with Gasteiger partial charge < -0.3 is 29.7 Å². The number of aryl methyl sites for hydroxylation is 1. The third kappa shape index (κ3) is 4.67. The number of amides is 3. The molecular formula is C28H29N5O4. The standard InChI is InChI=1S/C28H29N5O4/c1-4-32-24-11-6-5-10-22(24)23-15-19(12-13-25(23)32)29-27(34)26-16-20(31-37-3)17-33(26)28(35)30-18-8-7-9-21(14-18)36-2/h5-15,26H,4,16-17H2,1-3H3,(H,29,34)(H,30,35)/t26-/m0/s1. The molecule has 3 amide bonds. The molecule has 0 radical (unpaired) electrons. The van der Waals surface area contributed by atoms with Gasteiger partial charge in [0, 0.05) is 52.2 Å².